The number of benzene rings is 1. The van der Waals surface area contributed by atoms with Crippen molar-refractivity contribution in [3.8, 4) is 0 Å². The number of para-hydroxylation sites is 1. The van der Waals surface area contributed by atoms with Crippen LogP contribution in [0.1, 0.15) is 18.1 Å². The van der Waals surface area contributed by atoms with Crippen molar-refractivity contribution in [1.82, 2.24) is 9.88 Å². The predicted octanol–water partition coefficient (Wildman–Crippen LogP) is 1.84. The van der Waals surface area contributed by atoms with E-state index >= 15 is 0 Å². The Labute approximate surface area is 96.2 Å². The van der Waals surface area contributed by atoms with E-state index in [1.807, 2.05) is 7.05 Å². The average Bonchev–Trinajstić information content (AvgIpc) is 2.68. The molecule has 0 aliphatic carbocycles. The van der Waals surface area contributed by atoms with Crippen LogP contribution in [-0.2, 0) is 19.6 Å². The van der Waals surface area contributed by atoms with Crippen molar-refractivity contribution in [2.24, 2.45) is 5.73 Å². The molecule has 0 saturated heterocycles. The summed E-state index contributed by atoms with van der Waals surface area (Å²) in [5.41, 5.74) is 9.65. The summed E-state index contributed by atoms with van der Waals surface area (Å²) in [6.07, 6.45) is 2.22. The molecule has 2 aromatic rings. The van der Waals surface area contributed by atoms with Crippen molar-refractivity contribution < 1.29 is 0 Å². The molecule has 86 valence electrons. The normalized spacial score (nSPS) is 11.2. The van der Waals surface area contributed by atoms with Gasteiger partial charge in [-0.3, -0.25) is 0 Å². The third-order valence-electron chi connectivity index (χ3n) is 2.99. The minimum absolute atomic E-state index is 0.598. The lowest BCUT2D eigenvalue weighted by atomic mass is 10.1. The second kappa shape index (κ2) is 4.68. The molecule has 0 spiro atoms. The van der Waals surface area contributed by atoms with Gasteiger partial charge in [0, 0.05) is 31.2 Å². The van der Waals surface area contributed by atoms with Gasteiger partial charge in [0.15, 0.2) is 0 Å². The molecule has 0 aliphatic rings. The number of hydrogen-bond acceptors (Lipinski definition) is 2. The Morgan fingerprint density at radius 3 is 2.75 bits per heavy atom. The number of fused-ring (bicyclic) bond motifs is 1. The van der Waals surface area contributed by atoms with Crippen molar-refractivity contribution in [3.63, 3.8) is 0 Å². The van der Waals surface area contributed by atoms with E-state index in [1.165, 1.54) is 22.0 Å². The topological polar surface area (TPSA) is 43.0 Å². The Balaban J connectivity index is 2.68. The van der Waals surface area contributed by atoms with Crippen molar-refractivity contribution in [3.05, 3.63) is 35.5 Å². The fourth-order valence-corrected chi connectivity index (χ4v) is 2.26. The molecule has 1 aromatic carbocycles. The number of nitrogens with zero attached hydrogens (tertiary/aromatic N) is 1. The van der Waals surface area contributed by atoms with Crippen LogP contribution in [0.5, 0.6) is 0 Å². The predicted molar refractivity (Wildman–Crippen MR) is 68.3 cm³/mol. The van der Waals surface area contributed by atoms with Crippen LogP contribution in [0.15, 0.2) is 24.4 Å². The molecule has 3 heteroatoms. The molecule has 3 N–H and O–H groups in total. The van der Waals surface area contributed by atoms with Crippen molar-refractivity contribution in [2.75, 3.05) is 7.05 Å². The van der Waals surface area contributed by atoms with Gasteiger partial charge in [0.25, 0.3) is 0 Å². The van der Waals surface area contributed by atoms with Crippen LogP contribution in [0.4, 0.5) is 0 Å². The van der Waals surface area contributed by atoms with E-state index < -0.39 is 0 Å². The molecule has 0 unspecified atom stereocenters. The van der Waals surface area contributed by atoms with E-state index in [0.717, 1.165) is 13.1 Å². The molecule has 0 atom stereocenters. The number of aromatic nitrogens is 1. The van der Waals surface area contributed by atoms with Gasteiger partial charge in [-0.05, 0) is 25.1 Å². The molecule has 0 amide bonds. The third kappa shape index (κ3) is 1.72. The van der Waals surface area contributed by atoms with E-state index in [4.69, 9.17) is 5.73 Å². The van der Waals surface area contributed by atoms with Crippen LogP contribution in [0.25, 0.3) is 10.9 Å². The summed E-state index contributed by atoms with van der Waals surface area (Å²) < 4.78 is 2.28. The second-order valence-corrected chi connectivity index (χ2v) is 3.99. The largest absolute Gasteiger partial charge is 0.347 e. The minimum Gasteiger partial charge on any atom is -0.347 e. The highest BCUT2D eigenvalue weighted by Crippen LogP contribution is 2.24. The summed E-state index contributed by atoms with van der Waals surface area (Å²) in [4.78, 5) is 0. The first kappa shape index (κ1) is 11.2. The van der Waals surface area contributed by atoms with E-state index in [-0.39, 0.29) is 0 Å². The molecule has 0 fully saturated rings. The first-order chi connectivity index (χ1) is 7.81. The summed E-state index contributed by atoms with van der Waals surface area (Å²) in [6.45, 7) is 4.64. The fourth-order valence-electron chi connectivity index (χ4n) is 2.26. The van der Waals surface area contributed by atoms with Gasteiger partial charge >= 0.3 is 0 Å². The SMILES string of the molecule is CCn1cc(CNC)c2cccc(CN)c21. The monoisotopic (exact) mass is 217 g/mol. The molecular formula is C13H19N3. The van der Waals surface area contributed by atoms with Crippen LogP contribution < -0.4 is 11.1 Å². The number of aryl methyl sites for hydroxylation is 1. The van der Waals surface area contributed by atoms with E-state index in [9.17, 15) is 0 Å². The lowest BCUT2D eigenvalue weighted by molar-refractivity contribution is 0.772. The van der Waals surface area contributed by atoms with Crippen LogP contribution in [0, 0.1) is 0 Å². The Bertz CT molecular complexity index is 485. The van der Waals surface area contributed by atoms with Crippen LogP contribution in [-0.4, -0.2) is 11.6 Å². The molecular weight excluding hydrogens is 198 g/mol. The number of rotatable bonds is 4. The fraction of sp³-hybridized carbons (Fsp3) is 0.385. The first-order valence-corrected chi connectivity index (χ1v) is 5.76. The Kier molecular flexibility index (Phi) is 3.27. The number of nitrogens with two attached hydrogens (primary N) is 1. The molecule has 3 nitrogen and oxygen atoms in total. The van der Waals surface area contributed by atoms with Gasteiger partial charge in [0.2, 0.25) is 0 Å². The summed E-state index contributed by atoms with van der Waals surface area (Å²) in [6, 6.07) is 6.37. The molecule has 0 radical (unpaired) electrons. The molecule has 16 heavy (non-hydrogen) atoms. The summed E-state index contributed by atoms with van der Waals surface area (Å²) in [7, 11) is 1.97. The maximum atomic E-state index is 5.79. The highest BCUT2D eigenvalue weighted by Gasteiger charge is 2.09. The number of nitrogens with one attached hydrogen (secondary N) is 1. The zero-order valence-corrected chi connectivity index (χ0v) is 9.96. The van der Waals surface area contributed by atoms with Crippen molar-refractivity contribution in [1.29, 1.82) is 0 Å². The highest BCUT2D eigenvalue weighted by atomic mass is 15.0. The van der Waals surface area contributed by atoms with Crippen molar-refractivity contribution in [2.45, 2.75) is 26.6 Å². The van der Waals surface area contributed by atoms with Gasteiger partial charge in [-0.25, -0.2) is 0 Å². The average molecular weight is 217 g/mol. The van der Waals surface area contributed by atoms with Crippen LogP contribution >= 0.6 is 0 Å². The second-order valence-electron chi connectivity index (χ2n) is 3.99. The maximum absolute atomic E-state index is 5.79. The zero-order chi connectivity index (χ0) is 11.5. The van der Waals surface area contributed by atoms with Gasteiger partial charge in [0.05, 0.1) is 5.52 Å². The van der Waals surface area contributed by atoms with Gasteiger partial charge < -0.3 is 15.6 Å². The smallest absolute Gasteiger partial charge is 0.0529 e. The highest BCUT2D eigenvalue weighted by molar-refractivity contribution is 5.86. The Morgan fingerprint density at radius 1 is 1.31 bits per heavy atom. The first-order valence-electron chi connectivity index (χ1n) is 5.76. The van der Waals surface area contributed by atoms with Gasteiger partial charge in [-0.15, -0.1) is 0 Å². The lowest BCUT2D eigenvalue weighted by Crippen LogP contribution is -2.04. The molecule has 1 aromatic heterocycles. The number of hydrogen-bond donors (Lipinski definition) is 2. The van der Waals surface area contributed by atoms with Gasteiger partial charge in [-0.1, -0.05) is 18.2 Å². The standard InChI is InChI=1S/C13H19N3/c1-3-16-9-11(8-15-2)12-6-4-5-10(7-14)13(12)16/h4-6,9,15H,3,7-8,14H2,1-2H3. The minimum atomic E-state index is 0.598. The van der Waals surface area contributed by atoms with Crippen LogP contribution in [0.2, 0.25) is 0 Å². The molecule has 1 heterocycles. The molecule has 0 bridgehead atoms. The maximum Gasteiger partial charge on any atom is 0.0529 e. The molecule has 0 saturated carbocycles. The Hall–Kier alpha value is -1.32. The quantitative estimate of drug-likeness (QED) is 0.820. The van der Waals surface area contributed by atoms with Crippen LogP contribution in [0.3, 0.4) is 0 Å². The van der Waals surface area contributed by atoms with E-state index in [1.54, 1.807) is 0 Å². The van der Waals surface area contributed by atoms with E-state index in [0.29, 0.717) is 6.54 Å². The molecule has 0 aliphatic heterocycles. The molecule has 2 rings (SSSR count). The van der Waals surface area contributed by atoms with Gasteiger partial charge in [0.1, 0.15) is 0 Å². The third-order valence-corrected chi connectivity index (χ3v) is 2.99. The van der Waals surface area contributed by atoms with Crippen molar-refractivity contribution >= 4 is 10.9 Å². The Morgan fingerprint density at radius 2 is 2.12 bits per heavy atom. The lowest BCUT2D eigenvalue weighted by Gasteiger charge is -2.05. The van der Waals surface area contributed by atoms with Gasteiger partial charge in [-0.2, -0.15) is 0 Å². The summed E-state index contributed by atoms with van der Waals surface area (Å²) in [5.74, 6) is 0. The summed E-state index contributed by atoms with van der Waals surface area (Å²) >= 11 is 0. The zero-order valence-electron chi connectivity index (χ0n) is 9.96. The summed E-state index contributed by atoms with van der Waals surface area (Å²) in [5, 5.41) is 4.53. The van der Waals surface area contributed by atoms with E-state index in [2.05, 4.69) is 41.2 Å².